The summed E-state index contributed by atoms with van der Waals surface area (Å²) in [7, 11) is 0. The molecule has 0 spiro atoms. The highest BCUT2D eigenvalue weighted by Gasteiger charge is 2.03. The normalized spacial score (nSPS) is 10.6. The molecule has 1 aromatic heterocycles. The zero-order valence-corrected chi connectivity index (χ0v) is 9.58. The van der Waals surface area contributed by atoms with Gasteiger partial charge in [0.15, 0.2) is 0 Å². The summed E-state index contributed by atoms with van der Waals surface area (Å²) in [5, 5.41) is 5.50. The van der Waals surface area contributed by atoms with Crippen LogP contribution in [0, 0.1) is 5.82 Å². The van der Waals surface area contributed by atoms with E-state index in [1.807, 2.05) is 0 Å². The number of carbonyl (C=O) groups excluding carboxylic acids is 1. The van der Waals surface area contributed by atoms with E-state index in [0.29, 0.717) is 10.4 Å². The minimum absolute atomic E-state index is 0.299. The Bertz CT molecular complexity index is 537. The van der Waals surface area contributed by atoms with Crippen molar-refractivity contribution in [1.82, 2.24) is 5.43 Å². The maximum absolute atomic E-state index is 13.2. The van der Waals surface area contributed by atoms with E-state index in [1.54, 1.807) is 35.7 Å². The number of nitrogens with zero attached hydrogens (tertiary/aromatic N) is 1. The minimum atomic E-state index is -0.373. The van der Waals surface area contributed by atoms with E-state index >= 15 is 0 Å². The van der Waals surface area contributed by atoms with E-state index in [4.69, 9.17) is 0 Å². The quantitative estimate of drug-likeness (QED) is 0.658. The monoisotopic (exact) mass is 248 g/mol. The van der Waals surface area contributed by atoms with Crippen molar-refractivity contribution in [2.45, 2.75) is 0 Å². The molecule has 1 N–H and O–H groups in total. The van der Waals surface area contributed by atoms with Crippen LogP contribution in [0.3, 0.4) is 0 Å². The molecule has 0 aliphatic carbocycles. The molecule has 0 saturated heterocycles. The van der Waals surface area contributed by atoms with Crippen LogP contribution < -0.4 is 5.43 Å². The maximum atomic E-state index is 13.2. The Morgan fingerprint density at radius 3 is 2.82 bits per heavy atom. The smallest absolute Gasteiger partial charge is 0.266 e. The van der Waals surface area contributed by atoms with Crippen LogP contribution in [-0.4, -0.2) is 12.1 Å². The summed E-state index contributed by atoms with van der Waals surface area (Å²) in [5.74, 6) is -0.672. The second kappa shape index (κ2) is 5.36. The van der Waals surface area contributed by atoms with E-state index < -0.39 is 0 Å². The number of carbonyl (C=O) groups is 1. The van der Waals surface area contributed by atoms with Gasteiger partial charge >= 0.3 is 0 Å². The van der Waals surface area contributed by atoms with Crippen molar-refractivity contribution in [2.24, 2.45) is 5.10 Å². The highest BCUT2D eigenvalue weighted by atomic mass is 32.1. The van der Waals surface area contributed by atoms with Gasteiger partial charge in [0.1, 0.15) is 5.82 Å². The standard InChI is InChI=1S/C12H9FN2OS/c13-10-5-2-1-4-9(10)8-14-15-12(16)11-6-3-7-17-11/h1-8H,(H,15,16)/b14-8+. The van der Waals surface area contributed by atoms with Crippen LogP contribution in [0.15, 0.2) is 46.9 Å². The van der Waals surface area contributed by atoms with Crippen LogP contribution in [0.25, 0.3) is 0 Å². The average molecular weight is 248 g/mol. The van der Waals surface area contributed by atoms with E-state index in [0.717, 1.165) is 0 Å². The Morgan fingerprint density at radius 2 is 2.12 bits per heavy atom. The van der Waals surface area contributed by atoms with Crippen LogP contribution in [0.1, 0.15) is 15.2 Å². The molecular weight excluding hydrogens is 239 g/mol. The van der Waals surface area contributed by atoms with Gasteiger partial charge in [0.05, 0.1) is 11.1 Å². The number of hydrogen-bond acceptors (Lipinski definition) is 3. The second-order valence-electron chi connectivity index (χ2n) is 3.20. The molecule has 0 radical (unpaired) electrons. The molecule has 0 aliphatic rings. The van der Waals surface area contributed by atoms with Crippen molar-refractivity contribution in [1.29, 1.82) is 0 Å². The highest BCUT2D eigenvalue weighted by molar-refractivity contribution is 7.12. The van der Waals surface area contributed by atoms with Crippen LogP contribution in [0.2, 0.25) is 0 Å². The van der Waals surface area contributed by atoms with Crippen molar-refractivity contribution in [3.8, 4) is 0 Å². The molecule has 0 atom stereocenters. The molecule has 17 heavy (non-hydrogen) atoms. The average Bonchev–Trinajstić information content (AvgIpc) is 2.85. The fourth-order valence-corrected chi connectivity index (χ4v) is 1.82. The van der Waals surface area contributed by atoms with Gasteiger partial charge in [-0.05, 0) is 17.5 Å². The van der Waals surface area contributed by atoms with Gasteiger partial charge < -0.3 is 0 Å². The Morgan fingerprint density at radius 1 is 1.29 bits per heavy atom. The van der Waals surface area contributed by atoms with E-state index in [2.05, 4.69) is 10.5 Å². The molecule has 2 aromatic rings. The lowest BCUT2D eigenvalue weighted by atomic mass is 10.2. The predicted molar refractivity (Wildman–Crippen MR) is 65.8 cm³/mol. The molecule has 86 valence electrons. The van der Waals surface area contributed by atoms with Crippen LogP contribution in [-0.2, 0) is 0 Å². The van der Waals surface area contributed by atoms with Gasteiger partial charge in [0, 0.05) is 5.56 Å². The fourth-order valence-electron chi connectivity index (χ4n) is 1.20. The molecule has 0 bridgehead atoms. The molecule has 0 fully saturated rings. The summed E-state index contributed by atoms with van der Waals surface area (Å²) >= 11 is 1.32. The molecule has 0 unspecified atom stereocenters. The molecule has 1 amide bonds. The number of hydrazone groups is 1. The largest absolute Gasteiger partial charge is 0.281 e. The zero-order valence-electron chi connectivity index (χ0n) is 8.76. The number of amides is 1. The third-order valence-corrected chi connectivity index (χ3v) is 2.89. The lowest BCUT2D eigenvalue weighted by molar-refractivity contribution is 0.0959. The Labute approximate surface area is 102 Å². The van der Waals surface area contributed by atoms with Crippen molar-refractivity contribution in [3.05, 3.63) is 58.0 Å². The van der Waals surface area contributed by atoms with Crippen LogP contribution in [0.4, 0.5) is 4.39 Å². The maximum Gasteiger partial charge on any atom is 0.281 e. The molecule has 2 rings (SSSR count). The van der Waals surface area contributed by atoms with Gasteiger partial charge in [-0.25, -0.2) is 9.82 Å². The molecule has 5 heteroatoms. The predicted octanol–water partition coefficient (Wildman–Crippen LogP) is 2.65. The summed E-state index contributed by atoms with van der Waals surface area (Å²) in [4.78, 5) is 12.0. The van der Waals surface area contributed by atoms with E-state index in [9.17, 15) is 9.18 Å². The first-order chi connectivity index (χ1) is 8.27. The number of thiophene rings is 1. The van der Waals surface area contributed by atoms with Crippen molar-refractivity contribution >= 4 is 23.5 Å². The summed E-state index contributed by atoms with van der Waals surface area (Å²) in [5.41, 5.74) is 2.67. The third kappa shape index (κ3) is 2.98. The van der Waals surface area contributed by atoms with E-state index in [1.165, 1.54) is 23.6 Å². The molecule has 1 heterocycles. The molecule has 3 nitrogen and oxygen atoms in total. The first-order valence-electron chi connectivity index (χ1n) is 4.89. The third-order valence-electron chi connectivity index (χ3n) is 2.02. The van der Waals surface area contributed by atoms with Crippen LogP contribution >= 0.6 is 11.3 Å². The fraction of sp³-hybridized carbons (Fsp3) is 0. The van der Waals surface area contributed by atoms with Gasteiger partial charge in [-0.1, -0.05) is 24.3 Å². The summed E-state index contributed by atoms with van der Waals surface area (Å²) in [6, 6.07) is 9.68. The first kappa shape index (κ1) is 11.5. The summed E-state index contributed by atoms with van der Waals surface area (Å²) in [6.45, 7) is 0. The lowest BCUT2D eigenvalue weighted by Gasteiger charge is -1.96. The van der Waals surface area contributed by atoms with Gasteiger partial charge in [-0.2, -0.15) is 5.10 Å². The van der Waals surface area contributed by atoms with Crippen LogP contribution in [0.5, 0.6) is 0 Å². The molecule has 1 aromatic carbocycles. The molecule has 0 aliphatic heterocycles. The Kier molecular flexibility index (Phi) is 3.62. The number of nitrogens with one attached hydrogen (secondary N) is 1. The number of benzene rings is 1. The second-order valence-corrected chi connectivity index (χ2v) is 4.15. The summed E-state index contributed by atoms with van der Waals surface area (Å²) < 4.78 is 13.2. The first-order valence-corrected chi connectivity index (χ1v) is 5.77. The SMILES string of the molecule is O=C(N/N=C/c1ccccc1F)c1cccs1. The number of hydrogen-bond donors (Lipinski definition) is 1. The molecular formula is C12H9FN2OS. The van der Waals surface area contributed by atoms with Crippen molar-refractivity contribution < 1.29 is 9.18 Å². The number of rotatable bonds is 3. The van der Waals surface area contributed by atoms with Crippen molar-refractivity contribution in [2.75, 3.05) is 0 Å². The number of halogens is 1. The minimum Gasteiger partial charge on any atom is -0.266 e. The molecule has 0 saturated carbocycles. The van der Waals surface area contributed by atoms with Gasteiger partial charge in [-0.15, -0.1) is 11.3 Å². The topological polar surface area (TPSA) is 41.5 Å². The lowest BCUT2D eigenvalue weighted by Crippen LogP contribution is -2.16. The van der Waals surface area contributed by atoms with E-state index in [-0.39, 0.29) is 11.7 Å². The van der Waals surface area contributed by atoms with Crippen molar-refractivity contribution in [3.63, 3.8) is 0 Å². The summed E-state index contributed by atoms with van der Waals surface area (Å²) in [6.07, 6.45) is 1.28. The van der Waals surface area contributed by atoms with Gasteiger partial charge in [0.2, 0.25) is 0 Å². The Balaban J connectivity index is 1.99. The highest BCUT2D eigenvalue weighted by Crippen LogP contribution is 2.07. The van der Waals surface area contributed by atoms with Gasteiger partial charge in [-0.3, -0.25) is 4.79 Å². The zero-order chi connectivity index (χ0) is 12.1. The Hall–Kier alpha value is -2.01. The van der Waals surface area contributed by atoms with Gasteiger partial charge in [0.25, 0.3) is 5.91 Å².